The van der Waals surface area contributed by atoms with Gasteiger partial charge in [0.1, 0.15) is 0 Å². The van der Waals surface area contributed by atoms with Crippen LogP contribution in [0, 0.1) is 5.92 Å². The SMILES string of the molecule is O=C(NCc1cccnc1)C1CCN(c2ccc(-c3ccccc3)nn2)CC1. The third kappa shape index (κ3) is 4.34. The maximum absolute atomic E-state index is 12.4. The summed E-state index contributed by atoms with van der Waals surface area (Å²) in [5, 5.41) is 11.8. The van der Waals surface area contributed by atoms with Crippen LogP contribution in [-0.2, 0) is 11.3 Å². The number of piperidine rings is 1. The minimum Gasteiger partial charge on any atom is -0.355 e. The zero-order valence-corrected chi connectivity index (χ0v) is 15.7. The number of aromatic nitrogens is 3. The Kier molecular flexibility index (Phi) is 5.56. The summed E-state index contributed by atoms with van der Waals surface area (Å²) in [6.07, 6.45) is 5.15. The first-order valence-corrected chi connectivity index (χ1v) is 9.60. The van der Waals surface area contributed by atoms with Gasteiger partial charge in [-0.1, -0.05) is 36.4 Å². The molecular formula is C22H23N5O. The summed E-state index contributed by atoms with van der Waals surface area (Å²) in [6.45, 7) is 2.15. The second kappa shape index (κ2) is 8.61. The number of amides is 1. The Morgan fingerprint density at radius 1 is 1.00 bits per heavy atom. The fourth-order valence-corrected chi connectivity index (χ4v) is 3.46. The van der Waals surface area contributed by atoms with Gasteiger partial charge >= 0.3 is 0 Å². The zero-order valence-electron chi connectivity index (χ0n) is 15.7. The summed E-state index contributed by atoms with van der Waals surface area (Å²) in [6, 6.07) is 17.9. The summed E-state index contributed by atoms with van der Waals surface area (Å²) in [5.74, 6) is 1.03. The van der Waals surface area contributed by atoms with Crippen molar-refractivity contribution in [1.82, 2.24) is 20.5 Å². The second-order valence-corrected chi connectivity index (χ2v) is 6.98. The Labute approximate surface area is 164 Å². The van der Waals surface area contributed by atoms with E-state index in [9.17, 15) is 4.79 Å². The number of hydrogen-bond donors (Lipinski definition) is 1. The standard InChI is InChI=1S/C22H23N5O/c28-22(24-16-17-5-4-12-23-15-17)19-10-13-27(14-11-19)21-9-8-20(25-26-21)18-6-2-1-3-7-18/h1-9,12,15,19H,10-11,13-14,16H2,(H,24,28). The molecule has 0 aliphatic carbocycles. The Hall–Kier alpha value is -3.28. The summed E-state index contributed by atoms with van der Waals surface area (Å²) in [4.78, 5) is 18.7. The van der Waals surface area contributed by atoms with Gasteiger partial charge < -0.3 is 10.2 Å². The van der Waals surface area contributed by atoms with Crippen LogP contribution in [0.4, 0.5) is 5.82 Å². The molecule has 1 N–H and O–H groups in total. The first-order chi connectivity index (χ1) is 13.8. The van der Waals surface area contributed by atoms with Gasteiger partial charge in [-0.2, -0.15) is 0 Å². The molecule has 3 aromatic rings. The minimum absolute atomic E-state index is 0.0458. The normalized spacial score (nSPS) is 14.6. The molecule has 1 amide bonds. The maximum atomic E-state index is 12.4. The Balaban J connectivity index is 1.29. The molecule has 6 nitrogen and oxygen atoms in total. The van der Waals surface area contributed by atoms with Crippen LogP contribution in [0.5, 0.6) is 0 Å². The first-order valence-electron chi connectivity index (χ1n) is 9.60. The van der Waals surface area contributed by atoms with E-state index < -0.39 is 0 Å². The molecule has 28 heavy (non-hydrogen) atoms. The molecule has 0 spiro atoms. The van der Waals surface area contributed by atoms with E-state index in [-0.39, 0.29) is 11.8 Å². The minimum atomic E-state index is 0.0458. The van der Waals surface area contributed by atoms with E-state index in [2.05, 4.69) is 25.4 Å². The van der Waals surface area contributed by atoms with Crippen LogP contribution in [0.1, 0.15) is 18.4 Å². The maximum Gasteiger partial charge on any atom is 0.223 e. The number of hydrogen-bond acceptors (Lipinski definition) is 5. The van der Waals surface area contributed by atoms with Crippen molar-refractivity contribution >= 4 is 11.7 Å². The largest absolute Gasteiger partial charge is 0.355 e. The molecule has 4 rings (SSSR count). The lowest BCUT2D eigenvalue weighted by molar-refractivity contribution is -0.125. The number of rotatable bonds is 5. The Morgan fingerprint density at radius 3 is 2.50 bits per heavy atom. The number of nitrogens with one attached hydrogen (secondary N) is 1. The summed E-state index contributed by atoms with van der Waals surface area (Å²) >= 11 is 0. The molecule has 0 bridgehead atoms. The molecule has 0 atom stereocenters. The van der Waals surface area contributed by atoms with E-state index in [4.69, 9.17) is 0 Å². The second-order valence-electron chi connectivity index (χ2n) is 6.98. The molecule has 2 aromatic heterocycles. The zero-order chi connectivity index (χ0) is 19.2. The van der Waals surface area contributed by atoms with Crippen LogP contribution >= 0.6 is 0 Å². The Morgan fingerprint density at radius 2 is 1.82 bits per heavy atom. The molecule has 3 heterocycles. The van der Waals surface area contributed by atoms with Crippen LogP contribution in [-0.4, -0.2) is 34.2 Å². The number of anilines is 1. The summed E-state index contributed by atoms with van der Waals surface area (Å²) in [5.41, 5.74) is 2.95. The number of carbonyl (C=O) groups is 1. The predicted octanol–water partition coefficient (Wildman–Crippen LogP) is 3.07. The van der Waals surface area contributed by atoms with Crippen LogP contribution in [0.2, 0.25) is 0 Å². The monoisotopic (exact) mass is 373 g/mol. The summed E-state index contributed by atoms with van der Waals surface area (Å²) < 4.78 is 0. The van der Waals surface area contributed by atoms with E-state index in [0.717, 1.165) is 48.6 Å². The molecule has 1 saturated heterocycles. The van der Waals surface area contributed by atoms with Crippen molar-refractivity contribution < 1.29 is 4.79 Å². The number of benzene rings is 1. The van der Waals surface area contributed by atoms with Crippen LogP contribution in [0.25, 0.3) is 11.3 Å². The number of carbonyl (C=O) groups excluding carboxylic acids is 1. The summed E-state index contributed by atoms with van der Waals surface area (Å²) in [7, 11) is 0. The fraction of sp³-hybridized carbons (Fsp3) is 0.273. The highest BCUT2D eigenvalue weighted by Gasteiger charge is 2.25. The molecule has 1 aliphatic rings. The Bertz CT molecular complexity index is 891. The van der Waals surface area contributed by atoms with Gasteiger partial charge in [-0.3, -0.25) is 9.78 Å². The van der Waals surface area contributed by atoms with Gasteiger partial charge in [0, 0.05) is 43.5 Å². The van der Waals surface area contributed by atoms with Crippen molar-refractivity contribution in [3.8, 4) is 11.3 Å². The van der Waals surface area contributed by atoms with Gasteiger partial charge in [0.25, 0.3) is 0 Å². The molecule has 1 aromatic carbocycles. The van der Waals surface area contributed by atoms with E-state index in [1.807, 2.05) is 54.6 Å². The highest BCUT2D eigenvalue weighted by Crippen LogP contribution is 2.23. The molecule has 0 radical (unpaired) electrons. The molecule has 1 aliphatic heterocycles. The van der Waals surface area contributed by atoms with Gasteiger partial charge in [-0.05, 0) is 36.6 Å². The fourth-order valence-electron chi connectivity index (χ4n) is 3.46. The highest BCUT2D eigenvalue weighted by atomic mass is 16.1. The number of pyridine rings is 1. The molecule has 0 saturated carbocycles. The average molecular weight is 373 g/mol. The quantitative estimate of drug-likeness (QED) is 0.744. The lowest BCUT2D eigenvalue weighted by Crippen LogP contribution is -2.40. The van der Waals surface area contributed by atoms with Crippen LogP contribution < -0.4 is 10.2 Å². The van der Waals surface area contributed by atoms with E-state index in [1.165, 1.54) is 0 Å². The van der Waals surface area contributed by atoms with Crippen molar-refractivity contribution in [1.29, 1.82) is 0 Å². The van der Waals surface area contributed by atoms with Gasteiger partial charge in [0.15, 0.2) is 5.82 Å². The lowest BCUT2D eigenvalue weighted by Gasteiger charge is -2.31. The molecule has 1 fully saturated rings. The topological polar surface area (TPSA) is 71.0 Å². The van der Waals surface area contributed by atoms with Crippen molar-refractivity contribution in [2.75, 3.05) is 18.0 Å². The number of nitrogens with zero attached hydrogens (tertiary/aromatic N) is 4. The highest BCUT2D eigenvalue weighted by molar-refractivity contribution is 5.79. The van der Waals surface area contributed by atoms with Gasteiger partial charge in [0.05, 0.1) is 5.69 Å². The third-order valence-electron chi connectivity index (χ3n) is 5.10. The van der Waals surface area contributed by atoms with Gasteiger partial charge in [0.2, 0.25) is 5.91 Å². The third-order valence-corrected chi connectivity index (χ3v) is 5.10. The average Bonchev–Trinajstić information content (AvgIpc) is 2.79. The predicted molar refractivity (Wildman–Crippen MR) is 108 cm³/mol. The molecule has 142 valence electrons. The van der Waals surface area contributed by atoms with Crippen LogP contribution in [0.3, 0.4) is 0 Å². The van der Waals surface area contributed by atoms with E-state index in [1.54, 1.807) is 12.4 Å². The molecular weight excluding hydrogens is 350 g/mol. The van der Waals surface area contributed by atoms with E-state index in [0.29, 0.717) is 6.54 Å². The first kappa shape index (κ1) is 18.1. The van der Waals surface area contributed by atoms with Crippen molar-refractivity contribution in [3.05, 3.63) is 72.6 Å². The van der Waals surface area contributed by atoms with Crippen molar-refractivity contribution in [2.45, 2.75) is 19.4 Å². The van der Waals surface area contributed by atoms with Crippen LogP contribution in [0.15, 0.2) is 67.0 Å². The van der Waals surface area contributed by atoms with Crippen molar-refractivity contribution in [2.24, 2.45) is 5.92 Å². The van der Waals surface area contributed by atoms with Gasteiger partial charge in [-0.25, -0.2) is 0 Å². The molecule has 0 unspecified atom stereocenters. The smallest absolute Gasteiger partial charge is 0.223 e. The van der Waals surface area contributed by atoms with Gasteiger partial charge in [-0.15, -0.1) is 10.2 Å². The molecule has 6 heteroatoms. The lowest BCUT2D eigenvalue weighted by atomic mass is 9.96. The van der Waals surface area contributed by atoms with E-state index >= 15 is 0 Å². The van der Waals surface area contributed by atoms with Crippen molar-refractivity contribution in [3.63, 3.8) is 0 Å².